The Morgan fingerprint density at radius 2 is 1.78 bits per heavy atom. The molecule has 1 saturated heterocycles. The Kier molecular flexibility index (Phi) is 7.99. The first-order valence-electron chi connectivity index (χ1n) is 13.1. The number of carbonyl (C=O) groups is 2. The van der Waals surface area contributed by atoms with E-state index < -0.39 is 29.2 Å². The summed E-state index contributed by atoms with van der Waals surface area (Å²) in [6.07, 6.45) is 3.59. The quantitative estimate of drug-likeness (QED) is 0.572. The minimum absolute atomic E-state index is 0.0956. The van der Waals surface area contributed by atoms with Crippen LogP contribution >= 0.6 is 0 Å². The zero-order chi connectivity index (χ0) is 26.8. The number of hydrogen-bond donors (Lipinski definition) is 2. The minimum atomic E-state index is -0.813. The van der Waals surface area contributed by atoms with Gasteiger partial charge in [0, 0.05) is 13.5 Å². The molecule has 0 unspecified atom stereocenters. The van der Waals surface area contributed by atoms with E-state index in [9.17, 15) is 14.7 Å². The van der Waals surface area contributed by atoms with Gasteiger partial charge in [-0.1, -0.05) is 39.0 Å². The number of nitrogens with one attached hydrogen (secondary N) is 1. The summed E-state index contributed by atoms with van der Waals surface area (Å²) >= 11 is 0. The number of methoxy groups -OCH3 is 2. The Morgan fingerprint density at radius 3 is 2.41 bits per heavy atom. The topological polar surface area (TPSA) is 97.3 Å². The van der Waals surface area contributed by atoms with Crippen molar-refractivity contribution in [2.45, 2.75) is 76.7 Å². The van der Waals surface area contributed by atoms with E-state index in [1.165, 1.54) is 0 Å². The summed E-state index contributed by atoms with van der Waals surface area (Å²) in [4.78, 5) is 28.3. The third kappa shape index (κ3) is 5.70. The standard InChI is InChI=1S/C29H40N2O6/c1-28(2,3)25(30-27(34)37-23-8-6-7-9-23)26(33)31-18-29(36-5,16-22(31)17-32)21-12-10-20-15-24(35-4)13-11-19(20)14-21/h10-15,22-23,25,32H,6-9,16-18H2,1-5H3,(H,30,34)/t22-,25+,29-/m0/s1. The van der Waals surface area contributed by atoms with Gasteiger partial charge in [-0.2, -0.15) is 0 Å². The van der Waals surface area contributed by atoms with Crippen molar-refractivity contribution in [3.05, 3.63) is 42.0 Å². The van der Waals surface area contributed by atoms with E-state index in [1.807, 2.05) is 51.1 Å². The van der Waals surface area contributed by atoms with Crippen LogP contribution in [0.5, 0.6) is 5.75 Å². The van der Waals surface area contributed by atoms with Gasteiger partial charge in [-0.15, -0.1) is 0 Å². The molecule has 37 heavy (non-hydrogen) atoms. The molecule has 4 rings (SSSR count). The molecule has 1 aliphatic heterocycles. The largest absolute Gasteiger partial charge is 0.497 e. The molecule has 0 spiro atoms. The van der Waals surface area contributed by atoms with E-state index in [4.69, 9.17) is 14.2 Å². The van der Waals surface area contributed by atoms with Crippen LogP contribution in [0, 0.1) is 5.41 Å². The number of benzene rings is 2. The summed E-state index contributed by atoms with van der Waals surface area (Å²) in [5.41, 5.74) is -0.418. The van der Waals surface area contributed by atoms with Crippen molar-refractivity contribution in [1.29, 1.82) is 0 Å². The first-order chi connectivity index (χ1) is 17.6. The van der Waals surface area contributed by atoms with Crippen LogP contribution < -0.4 is 10.1 Å². The Morgan fingerprint density at radius 1 is 1.11 bits per heavy atom. The maximum Gasteiger partial charge on any atom is 0.408 e. The van der Waals surface area contributed by atoms with Crippen LogP contribution in [0.4, 0.5) is 4.79 Å². The lowest BCUT2D eigenvalue weighted by Crippen LogP contribution is -2.56. The number of alkyl carbamates (subject to hydrolysis) is 1. The summed E-state index contributed by atoms with van der Waals surface area (Å²) in [6, 6.07) is 10.7. The molecule has 0 bridgehead atoms. The fraction of sp³-hybridized carbons (Fsp3) is 0.586. The highest BCUT2D eigenvalue weighted by Gasteiger charge is 2.50. The van der Waals surface area contributed by atoms with Gasteiger partial charge in [0.05, 0.1) is 26.3 Å². The molecule has 2 aromatic carbocycles. The summed E-state index contributed by atoms with van der Waals surface area (Å²) in [5.74, 6) is 0.534. The first-order valence-corrected chi connectivity index (χ1v) is 13.1. The van der Waals surface area contributed by atoms with E-state index in [0.29, 0.717) is 6.42 Å². The van der Waals surface area contributed by atoms with Crippen LogP contribution in [0.1, 0.15) is 58.4 Å². The second kappa shape index (κ2) is 10.9. The van der Waals surface area contributed by atoms with Crippen molar-refractivity contribution in [3.8, 4) is 5.75 Å². The van der Waals surface area contributed by atoms with E-state index in [1.54, 1.807) is 19.1 Å². The van der Waals surface area contributed by atoms with Crippen molar-refractivity contribution in [3.63, 3.8) is 0 Å². The fourth-order valence-corrected chi connectivity index (χ4v) is 5.61. The lowest BCUT2D eigenvalue weighted by Gasteiger charge is -2.35. The van der Waals surface area contributed by atoms with Gasteiger partial charge < -0.3 is 29.5 Å². The highest BCUT2D eigenvalue weighted by Crippen LogP contribution is 2.41. The van der Waals surface area contributed by atoms with Gasteiger partial charge in [-0.25, -0.2) is 4.79 Å². The van der Waals surface area contributed by atoms with Crippen molar-refractivity contribution >= 4 is 22.8 Å². The zero-order valence-electron chi connectivity index (χ0n) is 22.6. The van der Waals surface area contributed by atoms with E-state index in [-0.39, 0.29) is 25.2 Å². The minimum Gasteiger partial charge on any atom is -0.497 e. The molecule has 3 atom stereocenters. The summed E-state index contributed by atoms with van der Waals surface area (Å²) in [6.45, 7) is 5.80. The molecule has 2 aromatic rings. The van der Waals surface area contributed by atoms with Crippen LogP contribution in [0.3, 0.4) is 0 Å². The van der Waals surface area contributed by atoms with Crippen molar-refractivity contribution in [1.82, 2.24) is 10.2 Å². The van der Waals surface area contributed by atoms with Crippen molar-refractivity contribution in [2.24, 2.45) is 5.41 Å². The van der Waals surface area contributed by atoms with E-state index in [0.717, 1.165) is 47.8 Å². The number of rotatable bonds is 7. The number of nitrogens with zero attached hydrogens (tertiary/aromatic N) is 1. The van der Waals surface area contributed by atoms with Gasteiger partial charge >= 0.3 is 6.09 Å². The first kappa shape index (κ1) is 27.2. The lowest BCUT2D eigenvalue weighted by atomic mass is 9.85. The van der Waals surface area contributed by atoms with Gasteiger partial charge in [0.2, 0.25) is 5.91 Å². The summed E-state index contributed by atoms with van der Waals surface area (Å²) < 4.78 is 17.0. The predicted octanol–water partition coefficient (Wildman–Crippen LogP) is 4.37. The van der Waals surface area contributed by atoms with E-state index >= 15 is 0 Å². The highest BCUT2D eigenvalue weighted by atomic mass is 16.6. The van der Waals surface area contributed by atoms with Crippen molar-refractivity contribution < 1.29 is 28.9 Å². The molecular formula is C29H40N2O6. The number of likely N-dealkylation sites (tertiary alicyclic amines) is 1. The smallest absolute Gasteiger partial charge is 0.408 e. The number of hydrogen-bond acceptors (Lipinski definition) is 6. The van der Waals surface area contributed by atoms with Crippen LogP contribution in [0.15, 0.2) is 36.4 Å². The molecule has 1 heterocycles. The maximum absolute atomic E-state index is 13.9. The molecular weight excluding hydrogens is 472 g/mol. The van der Waals surface area contributed by atoms with Gasteiger partial charge in [0.15, 0.2) is 0 Å². The molecule has 1 saturated carbocycles. The molecule has 2 N–H and O–H groups in total. The normalized spacial score (nSPS) is 23.3. The number of carbonyl (C=O) groups excluding carboxylic acids is 2. The molecule has 8 nitrogen and oxygen atoms in total. The van der Waals surface area contributed by atoms with Gasteiger partial charge in [-0.3, -0.25) is 4.79 Å². The average molecular weight is 513 g/mol. The Bertz CT molecular complexity index is 1120. The van der Waals surface area contributed by atoms with Crippen LogP contribution in [-0.4, -0.2) is 67.6 Å². The van der Waals surface area contributed by atoms with Crippen LogP contribution in [-0.2, 0) is 19.9 Å². The van der Waals surface area contributed by atoms with Gasteiger partial charge in [-0.05, 0) is 65.6 Å². The second-order valence-corrected chi connectivity index (χ2v) is 11.4. The number of aliphatic hydroxyl groups excluding tert-OH is 1. The lowest BCUT2D eigenvalue weighted by molar-refractivity contribution is -0.138. The third-order valence-electron chi connectivity index (χ3n) is 7.84. The fourth-order valence-electron chi connectivity index (χ4n) is 5.61. The molecule has 2 aliphatic rings. The summed E-state index contributed by atoms with van der Waals surface area (Å²) in [7, 11) is 3.28. The molecule has 202 valence electrons. The number of amides is 2. The number of ether oxygens (including phenoxy) is 3. The zero-order valence-corrected chi connectivity index (χ0v) is 22.6. The Labute approximate surface area is 219 Å². The van der Waals surface area contributed by atoms with E-state index in [2.05, 4.69) is 11.4 Å². The van der Waals surface area contributed by atoms with Crippen LogP contribution in [0.25, 0.3) is 10.8 Å². The molecule has 0 aromatic heterocycles. The average Bonchev–Trinajstić information content (AvgIpc) is 3.54. The number of fused-ring (bicyclic) bond motifs is 1. The number of aliphatic hydroxyl groups is 1. The van der Waals surface area contributed by atoms with Gasteiger partial charge in [0.1, 0.15) is 23.5 Å². The summed E-state index contributed by atoms with van der Waals surface area (Å²) in [5, 5.41) is 15.2. The second-order valence-electron chi connectivity index (χ2n) is 11.4. The maximum atomic E-state index is 13.9. The predicted molar refractivity (Wildman–Crippen MR) is 142 cm³/mol. The molecule has 0 radical (unpaired) electrons. The Hall–Kier alpha value is -2.84. The highest BCUT2D eigenvalue weighted by molar-refractivity contribution is 5.87. The van der Waals surface area contributed by atoms with Crippen LogP contribution in [0.2, 0.25) is 0 Å². The molecule has 8 heteroatoms. The molecule has 2 amide bonds. The monoisotopic (exact) mass is 512 g/mol. The Balaban J connectivity index is 1.58. The van der Waals surface area contributed by atoms with Gasteiger partial charge in [0.25, 0.3) is 0 Å². The van der Waals surface area contributed by atoms with Crippen molar-refractivity contribution in [2.75, 3.05) is 27.4 Å². The molecule has 1 aliphatic carbocycles. The SMILES string of the molecule is COc1ccc2cc([C@]3(OC)C[C@@H](CO)N(C(=O)[C@@H](NC(=O)OC4CCCC4)C(C)(C)C)C3)ccc2c1. The molecule has 2 fully saturated rings. The third-order valence-corrected chi connectivity index (χ3v) is 7.84.